The Bertz CT molecular complexity index is 580. The maximum absolute atomic E-state index is 12.1. The third kappa shape index (κ3) is 2.68. The van der Waals surface area contributed by atoms with Gasteiger partial charge in [-0.3, -0.25) is 0 Å². The molecule has 0 spiro atoms. The van der Waals surface area contributed by atoms with E-state index in [1.54, 1.807) is 6.07 Å². The zero-order chi connectivity index (χ0) is 14.3. The number of hydrogen-bond acceptors (Lipinski definition) is 5. The number of aliphatic hydroxyl groups excluding tert-OH is 1. The van der Waals surface area contributed by atoms with Crippen LogP contribution < -0.4 is 11.1 Å². The summed E-state index contributed by atoms with van der Waals surface area (Å²) in [6, 6.07) is 4.56. The predicted molar refractivity (Wildman–Crippen MR) is 74.4 cm³/mol. The molecular weight excluding hydrogens is 266 g/mol. The summed E-state index contributed by atoms with van der Waals surface area (Å²) in [6.45, 7) is 0.0110. The molecule has 0 aliphatic heterocycles. The Hall–Kier alpha value is -1.31. The summed E-state index contributed by atoms with van der Waals surface area (Å²) in [4.78, 5) is 0.183. The van der Waals surface area contributed by atoms with Gasteiger partial charge in [-0.05, 0) is 31.0 Å². The van der Waals surface area contributed by atoms with Gasteiger partial charge in [0.25, 0.3) is 0 Å². The Morgan fingerprint density at radius 3 is 2.53 bits per heavy atom. The van der Waals surface area contributed by atoms with Gasteiger partial charge in [0.15, 0.2) is 0 Å². The number of nitrogen functional groups attached to an aromatic ring is 1. The van der Waals surface area contributed by atoms with Crippen LogP contribution in [-0.4, -0.2) is 44.1 Å². The van der Waals surface area contributed by atoms with Crippen LogP contribution in [0.15, 0.2) is 23.1 Å². The van der Waals surface area contributed by atoms with Gasteiger partial charge >= 0.3 is 0 Å². The molecule has 1 saturated carbocycles. The average molecular weight is 285 g/mol. The first-order chi connectivity index (χ1) is 8.81. The molecule has 0 saturated heterocycles. The number of aliphatic hydroxyl groups is 1. The zero-order valence-electron chi connectivity index (χ0n) is 11.0. The highest BCUT2D eigenvalue weighted by molar-refractivity contribution is 7.89. The number of rotatable bonds is 5. The summed E-state index contributed by atoms with van der Waals surface area (Å²) in [5.74, 6) is 0. The second-order valence-corrected chi connectivity index (χ2v) is 7.25. The van der Waals surface area contributed by atoms with Crippen LogP contribution in [0.5, 0.6) is 0 Å². The van der Waals surface area contributed by atoms with Gasteiger partial charge in [-0.15, -0.1) is 0 Å². The summed E-state index contributed by atoms with van der Waals surface area (Å²) in [7, 11) is -0.521. The molecule has 1 aliphatic rings. The van der Waals surface area contributed by atoms with E-state index in [-0.39, 0.29) is 17.0 Å². The van der Waals surface area contributed by atoms with Gasteiger partial charge in [0.1, 0.15) is 0 Å². The molecule has 1 aliphatic carbocycles. The van der Waals surface area contributed by atoms with Crippen molar-refractivity contribution < 1.29 is 13.5 Å². The second kappa shape index (κ2) is 4.66. The molecule has 0 heterocycles. The topological polar surface area (TPSA) is 95.7 Å². The van der Waals surface area contributed by atoms with E-state index in [1.807, 2.05) is 0 Å². The summed E-state index contributed by atoms with van der Waals surface area (Å²) in [5, 5.41) is 12.4. The molecule has 0 bridgehead atoms. The fourth-order valence-electron chi connectivity index (χ4n) is 1.77. The largest absolute Gasteiger partial charge is 0.397 e. The summed E-state index contributed by atoms with van der Waals surface area (Å²) in [5.41, 5.74) is 6.53. The van der Waals surface area contributed by atoms with Crippen LogP contribution in [0.25, 0.3) is 0 Å². The fourth-order valence-corrected chi connectivity index (χ4v) is 2.70. The minimum absolute atomic E-state index is 0.0110. The number of sulfonamides is 1. The Kier molecular flexibility index (Phi) is 3.46. The highest BCUT2D eigenvalue weighted by atomic mass is 32.2. The molecule has 0 unspecified atom stereocenters. The molecule has 0 amide bonds. The van der Waals surface area contributed by atoms with E-state index >= 15 is 0 Å². The molecule has 1 aromatic rings. The molecule has 6 nitrogen and oxygen atoms in total. The molecule has 4 N–H and O–H groups in total. The number of nitrogens with one attached hydrogen (secondary N) is 1. The van der Waals surface area contributed by atoms with Gasteiger partial charge in [-0.1, -0.05) is 0 Å². The molecular formula is C12H19N3O3S. The van der Waals surface area contributed by atoms with E-state index in [4.69, 9.17) is 5.73 Å². The Labute approximate surface area is 113 Å². The lowest BCUT2D eigenvalue weighted by Gasteiger charge is -2.19. The molecule has 0 atom stereocenters. The van der Waals surface area contributed by atoms with Crippen molar-refractivity contribution in [1.29, 1.82) is 0 Å². The van der Waals surface area contributed by atoms with Crippen molar-refractivity contribution in [2.45, 2.75) is 23.3 Å². The molecule has 2 rings (SSSR count). The van der Waals surface area contributed by atoms with Crippen LogP contribution >= 0.6 is 0 Å². The Morgan fingerprint density at radius 1 is 1.42 bits per heavy atom. The highest BCUT2D eigenvalue weighted by Gasteiger charge is 2.42. The number of hydrogen-bond donors (Lipinski definition) is 3. The van der Waals surface area contributed by atoms with E-state index in [9.17, 15) is 13.5 Å². The Morgan fingerprint density at radius 2 is 2.05 bits per heavy atom. The highest BCUT2D eigenvalue weighted by Crippen LogP contribution is 2.40. The van der Waals surface area contributed by atoms with Gasteiger partial charge in [0.2, 0.25) is 10.0 Å². The van der Waals surface area contributed by atoms with Crippen LogP contribution in [-0.2, 0) is 10.0 Å². The SMILES string of the molecule is CN(C)S(=O)(=O)c1ccc(N)c(NC2(CO)CC2)c1. The van der Waals surface area contributed by atoms with Gasteiger partial charge in [-0.25, -0.2) is 12.7 Å². The van der Waals surface area contributed by atoms with Crippen molar-refractivity contribution in [3.8, 4) is 0 Å². The fraction of sp³-hybridized carbons (Fsp3) is 0.500. The van der Waals surface area contributed by atoms with Crippen molar-refractivity contribution in [2.75, 3.05) is 31.8 Å². The monoisotopic (exact) mass is 285 g/mol. The second-order valence-electron chi connectivity index (χ2n) is 5.10. The van der Waals surface area contributed by atoms with E-state index in [0.29, 0.717) is 11.4 Å². The molecule has 106 valence electrons. The van der Waals surface area contributed by atoms with Crippen molar-refractivity contribution in [3.63, 3.8) is 0 Å². The minimum atomic E-state index is -3.48. The lowest BCUT2D eigenvalue weighted by Crippen LogP contribution is -2.27. The third-order valence-corrected chi connectivity index (χ3v) is 5.17. The number of nitrogens with zero attached hydrogens (tertiary/aromatic N) is 1. The molecule has 19 heavy (non-hydrogen) atoms. The van der Waals surface area contributed by atoms with Crippen molar-refractivity contribution >= 4 is 21.4 Å². The van der Waals surface area contributed by atoms with Gasteiger partial charge in [-0.2, -0.15) is 0 Å². The summed E-state index contributed by atoms with van der Waals surface area (Å²) in [6.07, 6.45) is 1.71. The van der Waals surface area contributed by atoms with Gasteiger partial charge in [0.05, 0.1) is 28.4 Å². The standard InChI is InChI=1S/C12H19N3O3S/c1-15(2)19(17,18)9-3-4-10(13)11(7-9)14-12(8-16)5-6-12/h3-4,7,14,16H,5-6,8,13H2,1-2H3. The van der Waals surface area contributed by atoms with Crippen molar-refractivity contribution in [3.05, 3.63) is 18.2 Å². The normalized spacial score (nSPS) is 17.5. The van der Waals surface area contributed by atoms with E-state index in [1.165, 1.54) is 26.2 Å². The van der Waals surface area contributed by atoms with Crippen LogP contribution in [0.2, 0.25) is 0 Å². The van der Waals surface area contributed by atoms with Gasteiger partial charge < -0.3 is 16.2 Å². The maximum atomic E-state index is 12.1. The Balaban J connectivity index is 2.35. The molecule has 1 aromatic carbocycles. The molecule has 0 radical (unpaired) electrons. The first-order valence-corrected chi connectivity index (χ1v) is 7.46. The predicted octanol–water partition coefficient (Wildman–Crippen LogP) is 0.456. The van der Waals surface area contributed by atoms with Crippen LogP contribution in [0.1, 0.15) is 12.8 Å². The number of nitrogens with two attached hydrogens (primary N) is 1. The van der Waals surface area contributed by atoms with E-state index in [2.05, 4.69) is 5.32 Å². The molecule has 7 heteroatoms. The lowest BCUT2D eigenvalue weighted by molar-refractivity contribution is 0.266. The molecule has 0 aromatic heterocycles. The molecule has 1 fully saturated rings. The average Bonchev–Trinajstić information content (AvgIpc) is 3.12. The summed E-state index contributed by atoms with van der Waals surface area (Å²) >= 11 is 0. The minimum Gasteiger partial charge on any atom is -0.397 e. The van der Waals surface area contributed by atoms with Crippen LogP contribution in [0, 0.1) is 0 Å². The van der Waals surface area contributed by atoms with E-state index < -0.39 is 10.0 Å². The van der Waals surface area contributed by atoms with Crippen molar-refractivity contribution in [2.24, 2.45) is 0 Å². The smallest absolute Gasteiger partial charge is 0.242 e. The van der Waals surface area contributed by atoms with Crippen LogP contribution in [0.3, 0.4) is 0 Å². The van der Waals surface area contributed by atoms with Crippen LogP contribution in [0.4, 0.5) is 11.4 Å². The van der Waals surface area contributed by atoms with E-state index in [0.717, 1.165) is 17.1 Å². The summed E-state index contributed by atoms with van der Waals surface area (Å²) < 4.78 is 25.3. The number of anilines is 2. The van der Waals surface area contributed by atoms with Gasteiger partial charge in [0, 0.05) is 14.1 Å². The number of benzene rings is 1. The first-order valence-electron chi connectivity index (χ1n) is 6.02. The quantitative estimate of drug-likeness (QED) is 0.683. The maximum Gasteiger partial charge on any atom is 0.242 e. The lowest BCUT2D eigenvalue weighted by atomic mass is 10.2. The first kappa shape index (κ1) is 14.1. The van der Waals surface area contributed by atoms with Crippen molar-refractivity contribution in [1.82, 2.24) is 4.31 Å². The third-order valence-electron chi connectivity index (χ3n) is 3.36. The zero-order valence-corrected chi connectivity index (χ0v) is 11.9.